The summed E-state index contributed by atoms with van der Waals surface area (Å²) in [6.45, 7) is -5.32. The molecule has 2 aliphatic rings. The quantitative estimate of drug-likeness (QED) is 0.0935. The van der Waals surface area contributed by atoms with Crippen LogP contribution in [0.4, 0.5) is 20.5 Å². The predicted molar refractivity (Wildman–Crippen MR) is 167 cm³/mol. The van der Waals surface area contributed by atoms with Crippen LogP contribution in [0.5, 0.6) is 0 Å². The zero-order valence-electron chi connectivity index (χ0n) is 23.0. The number of hydrogen-bond donors (Lipinski definition) is 6. The molecule has 2 saturated heterocycles. The Balaban J connectivity index is 1.23. The lowest BCUT2D eigenvalue weighted by Crippen LogP contribution is -2.33. The second-order valence-corrected chi connectivity index (χ2v) is 15.8. The molecule has 6 rings (SSSR count). The van der Waals surface area contributed by atoms with E-state index in [2.05, 4.69) is 42.2 Å². The van der Waals surface area contributed by atoms with Crippen LogP contribution < -0.4 is 17.0 Å². The van der Waals surface area contributed by atoms with E-state index in [1.165, 1.54) is 21.8 Å². The molecule has 0 saturated carbocycles. The van der Waals surface area contributed by atoms with E-state index in [0.29, 0.717) is 0 Å². The summed E-state index contributed by atoms with van der Waals surface area (Å²) in [5.41, 5.74) is 11.2. The maximum atomic E-state index is 15.8. The number of nitrogens with two attached hydrogens (primary N) is 2. The topological polar surface area (TPSA) is 254 Å². The van der Waals surface area contributed by atoms with E-state index in [9.17, 15) is 19.4 Å². The van der Waals surface area contributed by atoms with E-state index in [-0.39, 0.29) is 47.1 Å². The van der Waals surface area contributed by atoms with Crippen molar-refractivity contribution in [3.63, 3.8) is 0 Å². The van der Waals surface area contributed by atoms with Crippen molar-refractivity contribution in [3.05, 3.63) is 29.3 Å². The van der Waals surface area contributed by atoms with Crippen molar-refractivity contribution >= 4 is 83.9 Å². The number of imidazole rings is 2. The Hall–Kier alpha value is -2.43. The van der Waals surface area contributed by atoms with Crippen molar-refractivity contribution in [1.29, 1.82) is 0 Å². The molecule has 0 spiro atoms. The normalized spacial score (nSPS) is 29.9. The third-order valence-electron chi connectivity index (χ3n) is 7.20. The number of nitrogens with zero attached hydrogens (tertiary/aromatic N) is 7. The first kappa shape index (κ1) is 33.5. The lowest BCUT2D eigenvalue weighted by Gasteiger charge is -2.27. The number of nitrogens with one attached hydrogen (secondary N) is 1. The lowest BCUT2D eigenvalue weighted by atomic mass is 10.1. The van der Waals surface area contributed by atoms with Crippen molar-refractivity contribution in [2.24, 2.45) is 0 Å². The Labute approximate surface area is 271 Å². The zero-order chi connectivity index (χ0) is 32.9. The molecule has 0 aromatic carbocycles. The van der Waals surface area contributed by atoms with Gasteiger partial charge in [-0.1, -0.05) is 0 Å². The van der Waals surface area contributed by atoms with Gasteiger partial charge in [0.1, 0.15) is 47.8 Å². The van der Waals surface area contributed by atoms with Gasteiger partial charge in [-0.3, -0.25) is 23.4 Å². The fourth-order valence-electron chi connectivity index (χ4n) is 5.21. The number of fused-ring (bicyclic) bond motifs is 2. The number of nitrogen functional groups attached to an aromatic ring is 2. The molecule has 4 aromatic heterocycles. The van der Waals surface area contributed by atoms with Gasteiger partial charge in [-0.25, -0.2) is 28.7 Å². The molecule has 0 aliphatic carbocycles. The fraction of sp³-hybridized carbons (Fsp3) is 0.524. The second-order valence-electron chi connectivity index (χ2n) is 10.0. The van der Waals surface area contributed by atoms with Crippen LogP contribution in [0.3, 0.4) is 0 Å². The van der Waals surface area contributed by atoms with Crippen LogP contribution in [0.15, 0.2) is 23.8 Å². The van der Waals surface area contributed by atoms with Gasteiger partial charge in [0.25, 0.3) is 5.56 Å². The van der Waals surface area contributed by atoms with Gasteiger partial charge in [0, 0.05) is 11.9 Å². The molecule has 10 atom stereocenters. The Morgan fingerprint density at radius 1 is 1.15 bits per heavy atom. The van der Waals surface area contributed by atoms with E-state index in [4.69, 9.17) is 41.6 Å². The highest BCUT2D eigenvalue weighted by Gasteiger charge is 2.53. The number of halogens is 2. The molecule has 6 heterocycles. The van der Waals surface area contributed by atoms with Gasteiger partial charge in [0.15, 0.2) is 41.1 Å². The first-order valence-electron chi connectivity index (χ1n) is 13.2. The van der Waals surface area contributed by atoms with E-state index < -0.39 is 73.6 Å². The van der Waals surface area contributed by atoms with Gasteiger partial charge in [-0.2, -0.15) is 4.98 Å². The number of aliphatic hydroxyl groups excluding tert-OH is 1. The highest BCUT2D eigenvalue weighted by atomic mass is 32.7. The average Bonchev–Trinajstić information content (AvgIpc) is 3.74. The Bertz CT molecular complexity index is 1890. The second kappa shape index (κ2) is 13.2. The minimum atomic E-state index is -4.34. The molecule has 2 fully saturated rings. The standard InChI is InChI=1S/C21H24F2N10O8P2S3/c22-9-8(1-2-34)46-20(33-6-29-12-17(33)30-21(25)31-18(12)35)14(9)41-43(37,45)38-3-7-13(40-42(36)44)10(23)19(39-7)32-5-28-11-15(24)26-4-27-16(11)32/h4-10,13-14,19-20,34H,1-3H2,(H6-,24,25,26,27,30,31,35,36,37,44,45)/p+1/t7-,8-,9+,10+,13-,14-,19-,20-,43?/m1/s1. The summed E-state index contributed by atoms with van der Waals surface area (Å²) in [4.78, 5) is 45.9. The van der Waals surface area contributed by atoms with Crippen LogP contribution in [0.1, 0.15) is 18.0 Å². The van der Waals surface area contributed by atoms with Crippen LogP contribution in [0.25, 0.3) is 22.3 Å². The highest BCUT2D eigenvalue weighted by Crippen LogP contribution is 2.55. The first-order chi connectivity index (χ1) is 21.9. The van der Waals surface area contributed by atoms with Crippen molar-refractivity contribution in [1.82, 2.24) is 39.0 Å². The van der Waals surface area contributed by atoms with Crippen LogP contribution >= 0.6 is 38.0 Å². The summed E-state index contributed by atoms with van der Waals surface area (Å²) < 4.78 is 68.2. The fourth-order valence-corrected chi connectivity index (χ4v) is 9.04. The Kier molecular flexibility index (Phi) is 9.63. The molecule has 25 heteroatoms. The van der Waals surface area contributed by atoms with Crippen molar-refractivity contribution < 1.29 is 41.7 Å². The predicted octanol–water partition coefficient (Wildman–Crippen LogP) is 1.28. The monoisotopic (exact) mass is 741 g/mol. The molecule has 248 valence electrons. The summed E-state index contributed by atoms with van der Waals surface area (Å²) in [6.07, 6.45) is -5.85. The number of aliphatic hydroxyl groups is 1. The maximum absolute atomic E-state index is 15.8. The summed E-state index contributed by atoms with van der Waals surface area (Å²) >= 11 is 9.97. The van der Waals surface area contributed by atoms with Gasteiger partial charge in [-0.15, -0.1) is 16.3 Å². The minimum absolute atomic E-state index is 0.0236. The smallest absolute Gasteiger partial charge is 0.396 e. The van der Waals surface area contributed by atoms with E-state index in [1.807, 2.05) is 0 Å². The van der Waals surface area contributed by atoms with E-state index >= 15 is 8.78 Å². The van der Waals surface area contributed by atoms with Crippen molar-refractivity contribution in [3.8, 4) is 0 Å². The number of hydrogen-bond acceptors (Lipinski definition) is 16. The average molecular weight is 742 g/mol. The molecular weight excluding hydrogens is 716 g/mol. The van der Waals surface area contributed by atoms with Crippen molar-refractivity contribution in [2.45, 2.75) is 53.9 Å². The van der Waals surface area contributed by atoms with Gasteiger partial charge < -0.3 is 30.7 Å². The highest BCUT2D eigenvalue weighted by molar-refractivity contribution is 8.39. The first-order valence-corrected chi connectivity index (χ1v) is 19.1. The molecule has 7 N–H and O–H groups in total. The molecular formula is C21H25F2N10O8P2S3+. The molecule has 0 radical (unpaired) electrons. The molecule has 18 nitrogen and oxygen atoms in total. The van der Waals surface area contributed by atoms with Crippen LogP contribution in [-0.2, 0) is 34.7 Å². The van der Waals surface area contributed by atoms with E-state index in [1.54, 1.807) is 0 Å². The number of thioether (sulfide) groups is 1. The number of rotatable bonds is 11. The SMILES string of the molecule is Nc1nc2c(ncn2[C@@H]2S[C@H](CCO)[C@H](F)[C@H]2OP(O)(=S)OC[C@H]2O[C@@H](n3cnc4c(N)ncnc43)[C@@H](F)[C@@H]2O[P+](=O)S)c(=O)[nH]1. The van der Waals surface area contributed by atoms with Gasteiger partial charge in [0.05, 0.1) is 19.3 Å². The van der Waals surface area contributed by atoms with Gasteiger partial charge >= 0.3 is 13.9 Å². The number of thiol groups is 1. The number of ether oxygens (including phenoxy) is 1. The third-order valence-corrected chi connectivity index (χ3v) is 11.1. The largest absolute Gasteiger partial charge is 0.582 e. The summed E-state index contributed by atoms with van der Waals surface area (Å²) in [5, 5.41) is 7.70. The number of H-pyrrole nitrogens is 1. The molecule has 2 aliphatic heterocycles. The van der Waals surface area contributed by atoms with Crippen molar-refractivity contribution in [2.75, 3.05) is 24.7 Å². The third kappa shape index (κ3) is 6.38. The summed E-state index contributed by atoms with van der Waals surface area (Å²) in [6, 6.07) is 0. The molecule has 46 heavy (non-hydrogen) atoms. The lowest BCUT2D eigenvalue weighted by molar-refractivity contribution is -0.0430. The number of aromatic amines is 1. The van der Waals surface area contributed by atoms with E-state index in [0.717, 1.165) is 18.1 Å². The number of aromatic nitrogens is 8. The van der Waals surface area contributed by atoms with Crippen LogP contribution in [0.2, 0.25) is 0 Å². The zero-order valence-corrected chi connectivity index (χ0v) is 27.3. The Morgan fingerprint density at radius 2 is 1.89 bits per heavy atom. The molecule has 4 aromatic rings. The van der Waals surface area contributed by atoms with Gasteiger partial charge in [0.2, 0.25) is 5.95 Å². The molecule has 2 unspecified atom stereocenters. The van der Waals surface area contributed by atoms with Crippen LogP contribution in [0, 0.1) is 0 Å². The number of anilines is 2. The number of alkyl halides is 2. The van der Waals surface area contributed by atoms with Crippen LogP contribution in [-0.4, -0.2) is 98.2 Å². The minimum Gasteiger partial charge on any atom is -0.396 e. The molecule has 0 bridgehead atoms. The maximum Gasteiger partial charge on any atom is 0.582 e. The summed E-state index contributed by atoms with van der Waals surface area (Å²) in [7, 11) is -2.63. The molecule has 0 amide bonds. The van der Waals surface area contributed by atoms with Gasteiger partial charge in [-0.05, 0) is 22.8 Å². The summed E-state index contributed by atoms with van der Waals surface area (Å²) in [5.74, 6) is -0.161. The Morgan fingerprint density at radius 3 is 2.63 bits per heavy atom.